The Bertz CT molecular complexity index is 413. The molecule has 0 bridgehead atoms. The number of benzene rings is 1. The fourth-order valence-electron chi connectivity index (χ4n) is 1.82. The lowest BCUT2D eigenvalue weighted by Gasteiger charge is -2.13. The van der Waals surface area contributed by atoms with Crippen LogP contribution in [0, 0.1) is 16.7 Å². The van der Waals surface area contributed by atoms with Crippen molar-refractivity contribution in [2.45, 2.75) is 32.2 Å². The zero-order chi connectivity index (χ0) is 12.3. The second kappa shape index (κ2) is 4.77. The van der Waals surface area contributed by atoms with E-state index in [1.165, 1.54) is 0 Å². The average molecular weight is 230 g/mol. The van der Waals surface area contributed by atoms with Crippen molar-refractivity contribution in [3.63, 3.8) is 0 Å². The van der Waals surface area contributed by atoms with Gasteiger partial charge in [-0.3, -0.25) is 0 Å². The summed E-state index contributed by atoms with van der Waals surface area (Å²) in [6.07, 6.45) is 2.82. The molecule has 3 heteroatoms. The third-order valence-corrected chi connectivity index (χ3v) is 3.36. The summed E-state index contributed by atoms with van der Waals surface area (Å²) >= 11 is 0. The van der Waals surface area contributed by atoms with E-state index < -0.39 is 0 Å². The van der Waals surface area contributed by atoms with Gasteiger partial charge in [0.15, 0.2) is 0 Å². The molecular weight excluding hydrogens is 212 g/mol. The molecule has 1 aromatic carbocycles. The van der Waals surface area contributed by atoms with Gasteiger partial charge in [0.25, 0.3) is 0 Å². The fraction of sp³-hybridized carbons (Fsp3) is 0.500. The van der Waals surface area contributed by atoms with Gasteiger partial charge in [-0.05, 0) is 37.5 Å². The molecule has 1 aliphatic carbocycles. The Kier molecular flexibility index (Phi) is 3.35. The van der Waals surface area contributed by atoms with Gasteiger partial charge in [0.2, 0.25) is 0 Å². The first-order chi connectivity index (χ1) is 8.15. The van der Waals surface area contributed by atoms with Crippen molar-refractivity contribution in [2.24, 2.45) is 11.1 Å². The molecule has 90 valence electrons. The standard InChI is InChI=1S/C14H18N2O/c1-11(16)12-2-4-13(5-3-12)17-10-14(6-7-14)8-9-15/h2-5,11H,6-8,10,16H2,1H3/t11-/m1/s1. The minimum atomic E-state index is 0.0532. The first kappa shape index (κ1) is 11.9. The van der Waals surface area contributed by atoms with E-state index in [9.17, 15) is 0 Å². The molecule has 0 amide bonds. The Balaban J connectivity index is 1.90. The van der Waals surface area contributed by atoms with Crippen LogP contribution >= 0.6 is 0 Å². The van der Waals surface area contributed by atoms with Gasteiger partial charge >= 0.3 is 0 Å². The summed E-state index contributed by atoms with van der Waals surface area (Å²) < 4.78 is 5.73. The summed E-state index contributed by atoms with van der Waals surface area (Å²) in [4.78, 5) is 0. The van der Waals surface area contributed by atoms with Crippen LogP contribution in [0.25, 0.3) is 0 Å². The molecule has 0 aliphatic heterocycles. The Morgan fingerprint density at radius 1 is 1.41 bits per heavy atom. The molecular formula is C14H18N2O. The molecule has 1 aromatic rings. The molecule has 0 aromatic heterocycles. The normalized spacial score (nSPS) is 18.2. The Morgan fingerprint density at radius 2 is 2.06 bits per heavy atom. The molecule has 2 rings (SSSR count). The van der Waals surface area contributed by atoms with Crippen molar-refractivity contribution < 1.29 is 4.74 Å². The van der Waals surface area contributed by atoms with E-state index in [2.05, 4.69) is 6.07 Å². The highest BCUT2D eigenvalue weighted by Gasteiger charge is 2.43. The third-order valence-electron chi connectivity index (χ3n) is 3.36. The summed E-state index contributed by atoms with van der Waals surface area (Å²) in [6, 6.07) is 10.2. The van der Waals surface area contributed by atoms with Crippen LogP contribution in [0.2, 0.25) is 0 Å². The lowest BCUT2D eigenvalue weighted by atomic mass is 10.1. The van der Waals surface area contributed by atoms with E-state index in [1.54, 1.807) is 0 Å². The van der Waals surface area contributed by atoms with E-state index in [0.717, 1.165) is 24.2 Å². The van der Waals surface area contributed by atoms with Gasteiger partial charge in [0.1, 0.15) is 5.75 Å². The maximum absolute atomic E-state index is 8.72. The van der Waals surface area contributed by atoms with Crippen molar-refractivity contribution >= 4 is 0 Å². The van der Waals surface area contributed by atoms with E-state index >= 15 is 0 Å². The molecule has 1 aliphatic rings. The van der Waals surface area contributed by atoms with Crippen LogP contribution in [0.1, 0.15) is 37.8 Å². The van der Waals surface area contributed by atoms with Crippen LogP contribution in [0.15, 0.2) is 24.3 Å². The second-order valence-corrected chi connectivity index (χ2v) is 4.98. The second-order valence-electron chi connectivity index (χ2n) is 4.98. The SMILES string of the molecule is C[C@@H](N)c1ccc(OCC2(CC#N)CC2)cc1. The summed E-state index contributed by atoms with van der Waals surface area (Å²) in [7, 11) is 0. The van der Waals surface area contributed by atoms with Crippen LogP contribution in [0.5, 0.6) is 5.75 Å². The average Bonchev–Trinajstić information content (AvgIpc) is 3.08. The lowest BCUT2D eigenvalue weighted by Crippen LogP contribution is -2.12. The number of hydrogen-bond donors (Lipinski definition) is 1. The number of nitriles is 1. The van der Waals surface area contributed by atoms with E-state index in [0.29, 0.717) is 13.0 Å². The first-order valence-corrected chi connectivity index (χ1v) is 6.00. The Labute approximate surface area is 102 Å². The van der Waals surface area contributed by atoms with Crippen LogP contribution in [0.3, 0.4) is 0 Å². The Hall–Kier alpha value is -1.53. The molecule has 1 fully saturated rings. The minimum absolute atomic E-state index is 0.0532. The molecule has 3 nitrogen and oxygen atoms in total. The van der Waals surface area contributed by atoms with Crippen molar-refractivity contribution in [3.05, 3.63) is 29.8 Å². The molecule has 0 saturated heterocycles. The number of nitrogens with zero attached hydrogens (tertiary/aromatic N) is 1. The molecule has 17 heavy (non-hydrogen) atoms. The fourth-order valence-corrected chi connectivity index (χ4v) is 1.82. The zero-order valence-corrected chi connectivity index (χ0v) is 10.1. The van der Waals surface area contributed by atoms with Gasteiger partial charge in [-0.15, -0.1) is 0 Å². The molecule has 0 radical (unpaired) electrons. The smallest absolute Gasteiger partial charge is 0.119 e. The van der Waals surface area contributed by atoms with E-state index in [1.807, 2.05) is 31.2 Å². The molecule has 1 atom stereocenters. The van der Waals surface area contributed by atoms with E-state index in [4.69, 9.17) is 15.7 Å². The molecule has 2 N–H and O–H groups in total. The van der Waals surface area contributed by atoms with E-state index in [-0.39, 0.29) is 11.5 Å². The number of hydrogen-bond acceptors (Lipinski definition) is 3. The number of nitrogens with two attached hydrogens (primary N) is 1. The van der Waals surface area contributed by atoms with Crippen LogP contribution in [-0.2, 0) is 0 Å². The summed E-state index contributed by atoms with van der Waals surface area (Å²) in [5.74, 6) is 0.860. The minimum Gasteiger partial charge on any atom is -0.493 e. The molecule has 0 heterocycles. The lowest BCUT2D eigenvalue weighted by molar-refractivity contribution is 0.237. The van der Waals surface area contributed by atoms with Gasteiger partial charge < -0.3 is 10.5 Å². The van der Waals surface area contributed by atoms with Crippen molar-refractivity contribution in [1.29, 1.82) is 5.26 Å². The predicted molar refractivity (Wildman–Crippen MR) is 66.4 cm³/mol. The number of rotatable bonds is 5. The topological polar surface area (TPSA) is 59.0 Å². The largest absolute Gasteiger partial charge is 0.493 e. The summed E-state index contributed by atoms with van der Waals surface area (Å²) in [6.45, 7) is 2.61. The predicted octanol–water partition coefficient (Wildman–Crippen LogP) is 2.78. The van der Waals surface area contributed by atoms with Gasteiger partial charge in [0.05, 0.1) is 12.7 Å². The zero-order valence-electron chi connectivity index (χ0n) is 10.1. The number of ether oxygens (including phenoxy) is 1. The summed E-state index contributed by atoms with van der Waals surface area (Å²) in [5, 5.41) is 8.72. The maximum Gasteiger partial charge on any atom is 0.119 e. The quantitative estimate of drug-likeness (QED) is 0.846. The highest BCUT2D eigenvalue weighted by atomic mass is 16.5. The van der Waals surface area contributed by atoms with Crippen molar-refractivity contribution in [3.8, 4) is 11.8 Å². The third kappa shape index (κ3) is 2.98. The maximum atomic E-state index is 8.72. The van der Waals surface area contributed by atoms with Gasteiger partial charge in [-0.2, -0.15) is 5.26 Å². The highest BCUT2D eigenvalue weighted by molar-refractivity contribution is 5.28. The van der Waals surface area contributed by atoms with Crippen LogP contribution < -0.4 is 10.5 Å². The highest BCUT2D eigenvalue weighted by Crippen LogP contribution is 2.48. The van der Waals surface area contributed by atoms with Crippen molar-refractivity contribution in [1.82, 2.24) is 0 Å². The summed E-state index contributed by atoms with van der Waals surface area (Å²) in [5.41, 5.74) is 7.02. The van der Waals surface area contributed by atoms with Crippen molar-refractivity contribution in [2.75, 3.05) is 6.61 Å². The monoisotopic (exact) mass is 230 g/mol. The van der Waals surface area contributed by atoms with Gasteiger partial charge in [-0.1, -0.05) is 12.1 Å². The Morgan fingerprint density at radius 3 is 2.53 bits per heavy atom. The molecule has 0 spiro atoms. The van der Waals surface area contributed by atoms with Crippen LogP contribution in [0.4, 0.5) is 0 Å². The first-order valence-electron chi connectivity index (χ1n) is 6.00. The molecule has 0 unspecified atom stereocenters. The van der Waals surface area contributed by atoms with Crippen LogP contribution in [-0.4, -0.2) is 6.61 Å². The van der Waals surface area contributed by atoms with Gasteiger partial charge in [-0.25, -0.2) is 0 Å². The molecule has 1 saturated carbocycles. The van der Waals surface area contributed by atoms with Gasteiger partial charge in [0, 0.05) is 17.9 Å².